The van der Waals surface area contributed by atoms with Crippen LogP contribution in [0.4, 0.5) is 0 Å². The molecule has 2 rings (SSSR count). The van der Waals surface area contributed by atoms with Crippen LogP contribution >= 0.6 is 0 Å². The third-order valence-electron chi connectivity index (χ3n) is 4.60. The number of hydrogen-bond acceptors (Lipinski definition) is 3. The van der Waals surface area contributed by atoms with Crippen LogP contribution in [0, 0.1) is 18.8 Å². The normalized spacial score (nSPS) is 19.7. The minimum atomic E-state index is -0.592. The van der Waals surface area contributed by atoms with E-state index in [9.17, 15) is 9.59 Å². The van der Waals surface area contributed by atoms with Gasteiger partial charge in [-0.15, -0.1) is 0 Å². The fraction of sp³-hybridized carbons (Fsp3) is 0.455. The van der Waals surface area contributed by atoms with E-state index < -0.39 is 6.04 Å². The lowest BCUT2D eigenvalue weighted by atomic mass is 10.00. The molecule has 0 saturated heterocycles. The zero-order valence-electron chi connectivity index (χ0n) is 16.6. The smallest absolute Gasteiger partial charge is 0.246 e. The third-order valence-corrected chi connectivity index (χ3v) is 4.60. The summed E-state index contributed by atoms with van der Waals surface area (Å²) in [5.41, 5.74) is 2.20. The van der Waals surface area contributed by atoms with E-state index in [0.29, 0.717) is 6.54 Å². The van der Waals surface area contributed by atoms with Gasteiger partial charge in [-0.25, -0.2) is 0 Å². The second kappa shape index (κ2) is 10.1. The van der Waals surface area contributed by atoms with E-state index in [0.717, 1.165) is 5.56 Å². The number of amides is 2. The Balaban J connectivity index is 1.83. The summed E-state index contributed by atoms with van der Waals surface area (Å²) >= 11 is 0. The first-order valence-corrected chi connectivity index (χ1v) is 9.46. The Morgan fingerprint density at radius 3 is 2.41 bits per heavy atom. The first-order valence-electron chi connectivity index (χ1n) is 9.46. The number of ether oxygens (including phenoxy) is 1. The number of carbonyl (C=O) groups is 2. The zero-order chi connectivity index (χ0) is 19.8. The van der Waals surface area contributed by atoms with E-state index in [1.807, 2.05) is 76.3 Å². The fourth-order valence-electron chi connectivity index (χ4n) is 2.83. The molecule has 3 atom stereocenters. The summed E-state index contributed by atoms with van der Waals surface area (Å²) in [6.07, 6.45) is 7.74. The first-order chi connectivity index (χ1) is 12.9. The van der Waals surface area contributed by atoms with Crippen molar-refractivity contribution in [1.82, 2.24) is 10.6 Å². The molecule has 5 nitrogen and oxygen atoms in total. The second-order valence-corrected chi connectivity index (χ2v) is 7.40. The lowest BCUT2D eigenvalue weighted by Gasteiger charge is -2.24. The molecule has 5 heteroatoms. The third kappa shape index (κ3) is 6.68. The summed E-state index contributed by atoms with van der Waals surface area (Å²) in [6, 6.07) is 7.40. The van der Waals surface area contributed by atoms with Gasteiger partial charge in [0.25, 0.3) is 0 Å². The molecular weight excluding hydrogens is 340 g/mol. The van der Waals surface area contributed by atoms with Crippen LogP contribution in [0.5, 0.6) is 0 Å². The highest BCUT2D eigenvalue weighted by Gasteiger charge is 2.24. The van der Waals surface area contributed by atoms with Gasteiger partial charge in [0.05, 0.1) is 6.10 Å². The zero-order valence-corrected chi connectivity index (χ0v) is 16.6. The lowest BCUT2D eigenvalue weighted by molar-refractivity contribution is -0.133. The Hall–Kier alpha value is -2.40. The standard InChI is InChI=1S/C22H30N2O3/c1-15(2)21(22(26)23-13-18-11-9-16(3)10-12-18)24-20(25)14-27-19-8-6-5-7-17(19)4/h5-12,15,17,19,21H,13-14H2,1-4H3,(H,23,26)(H,24,25). The van der Waals surface area contributed by atoms with Gasteiger partial charge in [0.1, 0.15) is 12.6 Å². The van der Waals surface area contributed by atoms with Gasteiger partial charge in [-0.3, -0.25) is 9.59 Å². The minimum absolute atomic E-state index is 0.0246. The molecule has 1 aliphatic carbocycles. The van der Waals surface area contributed by atoms with Crippen LogP contribution in [0.1, 0.15) is 31.9 Å². The van der Waals surface area contributed by atoms with Gasteiger partial charge >= 0.3 is 0 Å². The molecule has 1 aromatic rings. The molecule has 0 aliphatic heterocycles. The fourth-order valence-corrected chi connectivity index (χ4v) is 2.83. The van der Waals surface area contributed by atoms with E-state index >= 15 is 0 Å². The molecule has 0 fully saturated rings. The van der Waals surface area contributed by atoms with Gasteiger partial charge in [0.2, 0.25) is 11.8 Å². The van der Waals surface area contributed by atoms with Crippen molar-refractivity contribution in [3.05, 3.63) is 59.7 Å². The van der Waals surface area contributed by atoms with E-state index in [-0.39, 0.29) is 36.4 Å². The molecule has 27 heavy (non-hydrogen) atoms. The maximum atomic E-state index is 12.5. The number of aryl methyl sites for hydroxylation is 1. The van der Waals surface area contributed by atoms with E-state index in [1.54, 1.807) is 0 Å². The van der Waals surface area contributed by atoms with Crippen molar-refractivity contribution in [2.75, 3.05) is 6.61 Å². The molecule has 146 valence electrons. The van der Waals surface area contributed by atoms with Crippen molar-refractivity contribution >= 4 is 11.8 Å². The second-order valence-electron chi connectivity index (χ2n) is 7.40. The summed E-state index contributed by atoms with van der Waals surface area (Å²) in [7, 11) is 0. The average Bonchev–Trinajstić information content (AvgIpc) is 2.64. The molecular formula is C22H30N2O3. The molecule has 0 saturated carbocycles. The predicted molar refractivity (Wildman–Crippen MR) is 107 cm³/mol. The molecule has 0 spiro atoms. The largest absolute Gasteiger partial charge is 0.364 e. The number of rotatable bonds is 8. The Morgan fingerprint density at radius 1 is 1.11 bits per heavy atom. The van der Waals surface area contributed by atoms with Gasteiger partial charge in [-0.1, -0.05) is 74.9 Å². The van der Waals surface area contributed by atoms with Gasteiger partial charge < -0.3 is 15.4 Å². The topological polar surface area (TPSA) is 67.4 Å². The summed E-state index contributed by atoms with van der Waals surface area (Å²) in [5, 5.41) is 5.70. The maximum Gasteiger partial charge on any atom is 0.246 e. The Bertz CT molecular complexity index is 692. The van der Waals surface area contributed by atoms with Crippen molar-refractivity contribution in [2.24, 2.45) is 11.8 Å². The first kappa shape index (κ1) is 20.9. The van der Waals surface area contributed by atoms with Crippen molar-refractivity contribution in [2.45, 2.75) is 46.4 Å². The van der Waals surface area contributed by atoms with Crippen LogP contribution in [0.25, 0.3) is 0 Å². The van der Waals surface area contributed by atoms with Crippen LogP contribution in [0.2, 0.25) is 0 Å². The van der Waals surface area contributed by atoms with Crippen molar-refractivity contribution < 1.29 is 14.3 Å². The number of nitrogens with one attached hydrogen (secondary N) is 2. The Kier molecular flexibility index (Phi) is 7.80. The molecule has 1 aliphatic rings. The molecule has 2 N–H and O–H groups in total. The predicted octanol–water partition coefficient (Wildman–Crippen LogP) is 2.90. The summed E-state index contributed by atoms with van der Waals surface area (Å²) in [6.45, 7) is 8.25. The van der Waals surface area contributed by atoms with Gasteiger partial charge in [0, 0.05) is 12.5 Å². The molecule has 0 aromatic heterocycles. The maximum absolute atomic E-state index is 12.5. The van der Waals surface area contributed by atoms with E-state index in [4.69, 9.17) is 4.74 Å². The highest BCUT2D eigenvalue weighted by atomic mass is 16.5. The van der Waals surface area contributed by atoms with Crippen LogP contribution in [0.15, 0.2) is 48.6 Å². The molecule has 2 amide bonds. The Labute approximate surface area is 161 Å². The summed E-state index contributed by atoms with van der Waals surface area (Å²) in [5.74, 6) is -0.271. The molecule has 0 bridgehead atoms. The van der Waals surface area contributed by atoms with Gasteiger partial charge in [0.15, 0.2) is 0 Å². The van der Waals surface area contributed by atoms with Crippen molar-refractivity contribution in [1.29, 1.82) is 0 Å². The SMILES string of the molecule is Cc1ccc(CNC(=O)C(NC(=O)COC2C=CC=CC2C)C(C)C)cc1. The highest BCUT2D eigenvalue weighted by Crippen LogP contribution is 2.15. The number of allylic oxidation sites excluding steroid dienone is 2. The lowest BCUT2D eigenvalue weighted by Crippen LogP contribution is -2.50. The average molecular weight is 370 g/mol. The highest BCUT2D eigenvalue weighted by molar-refractivity contribution is 5.88. The van der Waals surface area contributed by atoms with E-state index in [2.05, 4.69) is 10.6 Å². The van der Waals surface area contributed by atoms with Crippen molar-refractivity contribution in [3.8, 4) is 0 Å². The molecule has 1 aromatic carbocycles. The monoisotopic (exact) mass is 370 g/mol. The minimum Gasteiger partial charge on any atom is -0.364 e. The van der Waals surface area contributed by atoms with Gasteiger partial charge in [-0.05, 0) is 18.4 Å². The van der Waals surface area contributed by atoms with E-state index in [1.165, 1.54) is 5.56 Å². The van der Waals surface area contributed by atoms with Crippen LogP contribution in [-0.4, -0.2) is 30.6 Å². The number of carbonyl (C=O) groups excluding carboxylic acids is 2. The van der Waals surface area contributed by atoms with Crippen molar-refractivity contribution in [3.63, 3.8) is 0 Å². The van der Waals surface area contributed by atoms with Crippen LogP contribution < -0.4 is 10.6 Å². The molecule has 0 radical (unpaired) electrons. The number of benzene rings is 1. The summed E-state index contributed by atoms with van der Waals surface area (Å²) < 4.78 is 5.68. The van der Waals surface area contributed by atoms with Crippen LogP contribution in [-0.2, 0) is 20.9 Å². The van der Waals surface area contributed by atoms with Crippen LogP contribution in [0.3, 0.4) is 0 Å². The quantitative estimate of drug-likeness (QED) is 0.739. The van der Waals surface area contributed by atoms with Gasteiger partial charge in [-0.2, -0.15) is 0 Å². The molecule has 3 unspecified atom stereocenters. The Morgan fingerprint density at radius 2 is 1.78 bits per heavy atom. The number of hydrogen-bond donors (Lipinski definition) is 2. The summed E-state index contributed by atoms with van der Waals surface area (Å²) in [4.78, 5) is 24.8. The molecule has 0 heterocycles.